The van der Waals surface area contributed by atoms with Gasteiger partial charge in [0, 0.05) is 0 Å². The van der Waals surface area contributed by atoms with Gasteiger partial charge in [0.1, 0.15) is 18.0 Å². The number of fused-ring (bicyclic) bond motifs is 1. The summed E-state index contributed by atoms with van der Waals surface area (Å²) in [4.78, 5) is 11.3. The second-order valence-electron chi connectivity index (χ2n) is 8.37. The highest BCUT2D eigenvalue weighted by Gasteiger charge is 2.30. The minimum atomic E-state index is -0.861. The Labute approximate surface area is 198 Å². The second kappa shape index (κ2) is 10.4. The fourth-order valence-corrected chi connectivity index (χ4v) is 4.18. The number of nitriles is 1. The molecule has 0 fully saturated rings. The fraction of sp³-hybridized carbons (Fsp3) is 0.259. The molecular weight excluding hydrogens is 433 g/mol. The quantitative estimate of drug-likeness (QED) is 0.455. The Morgan fingerprint density at radius 2 is 1.97 bits per heavy atom. The van der Waals surface area contributed by atoms with E-state index >= 15 is 0 Å². The molecule has 174 valence electrons. The molecule has 0 aliphatic carbocycles. The molecule has 4 rings (SSSR count). The first-order valence-electron chi connectivity index (χ1n) is 11.2. The SMILES string of the molecule is C[C@H](C(=O)O)c1cccc(CCN[C@H](c2cccc(F)c2)[C@H]2CNc3cccc(C#N)c3O2)c1. The van der Waals surface area contributed by atoms with E-state index in [9.17, 15) is 19.6 Å². The minimum absolute atomic E-state index is 0.329. The van der Waals surface area contributed by atoms with Crippen molar-refractivity contribution in [1.29, 1.82) is 5.26 Å². The van der Waals surface area contributed by atoms with Crippen LogP contribution in [0.4, 0.5) is 10.1 Å². The Morgan fingerprint density at radius 3 is 2.74 bits per heavy atom. The molecule has 0 bridgehead atoms. The summed E-state index contributed by atoms with van der Waals surface area (Å²) in [6.45, 7) is 2.72. The van der Waals surface area contributed by atoms with E-state index in [1.165, 1.54) is 12.1 Å². The van der Waals surface area contributed by atoms with Crippen molar-refractivity contribution >= 4 is 11.7 Å². The molecule has 1 aliphatic heterocycles. The van der Waals surface area contributed by atoms with E-state index in [2.05, 4.69) is 16.7 Å². The molecule has 3 aromatic carbocycles. The number of halogens is 1. The number of carboxylic acid groups (broad SMARTS) is 1. The molecule has 7 heteroatoms. The van der Waals surface area contributed by atoms with Crippen molar-refractivity contribution in [2.24, 2.45) is 0 Å². The fourth-order valence-electron chi connectivity index (χ4n) is 4.18. The smallest absolute Gasteiger partial charge is 0.310 e. The van der Waals surface area contributed by atoms with Crippen LogP contribution in [0.25, 0.3) is 0 Å². The Bertz CT molecular complexity index is 1220. The Balaban J connectivity index is 1.52. The number of benzene rings is 3. The van der Waals surface area contributed by atoms with Crippen molar-refractivity contribution in [1.82, 2.24) is 5.32 Å². The lowest BCUT2D eigenvalue weighted by molar-refractivity contribution is -0.138. The van der Waals surface area contributed by atoms with E-state index in [0.717, 1.165) is 22.4 Å². The lowest BCUT2D eigenvalue weighted by Crippen LogP contribution is -2.43. The first-order chi connectivity index (χ1) is 16.5. The van der Waals surface area contributed by atoms with Gasteiger partial charge < -0.3 is 20.5 Å². The maximum Gasteiger partial charge on any atom is 0.310 e. The number of ether oxygens (including phenoxy) is 1. The van der Waals surface area contributed by atoms with E-state index in [1.807, 2.05) is 36.4 Å². The summed E-state index contributed by atoms with van der Waals surface area (Å²) < 4.78 is 20.3. The van der Waals surface area contributed by atoms with Crippen LogP contribution in [-0.4, -0.2) is 30.3 Å². The van der Waals surface area contributed by atoms with Gasteiger partial charge in [-0.15, -0.1) is 0 Å². The molecule has 34 heavy (non-hydrogen) atoms. The number of nitrogens with zero attached hydrogens (tertiary/aromatic N) is 1. The number of rotatable bonds is 8. The molecule has 0 saturated heterocycles. The summed E-state index contributed by atoms with van der Waals surface area (Å²) in [7, 11) is 0. The zero-order valence-corrected chi connectivity index (χ0v) is 18.8. The van der Waals surface area contributed by atoms with E-state index in [0.29, 0.717) is 30.8 Å². The Morgan fingerprint density at radius 1 is 1.21 bits per heavy atom. The van der Waals surface area contributed by atoms with Crippen LogP contribution in [0.2, 0.25) is 0 Å². The highest BCUT2D eigenvalue weighted by Crippen LogP contribution is 2.35. The molecule has 0 amide bonds. The van der Waals surface area contributed by atoms with Crippen LogP contribution in [0.1, 0.15) is 41.1 Å². The number of nitrogens with one attached hydrogen (secondary N) is 2. The highest BCUT2D eigenvalue weighted by molar-refractivity contribution is 5.75. The first kappa shape index (κ1) is 23.3. The van der Waals surface area contributed by atoms with Crippen molar-refractivity contribution in [3.8, 4) is 11.8 Å². The topological polar surface area (TPSA) is 94.4 Å². The van der Waals surface area contributed by atoms with Crippen LogP contribution in [0.5, 0.6) is 5.75 Å². The van der Waals surface area contributed by atoms with Crippen LogP contribution >= 0.6 is 0 Å². The molecule has 3 N–H and O–H groups in total. The number of carbonyl (C=O) groups is 1. The third-order valence-electron chi connectivity index (χ3n) is 6.08. The molecule has 0 unspecified atom stereocenters. The number of para-hydroxylation sites is 1. The van der Waals surface area contributed by atoms with Crippen molar-refractivity contribution in [2.45, 2.75) is 31.4 Å². The van der Waals surface area contributed by atoms with Gasteiger partial charge in [-0.1, -0.05) is 42.5 Å². The highest BCUT2D eigenvalue weighted by atomic mass is 19.1. The van der Waals surface area contributed by atoms with Gasteiger partial charge in [-0.25, -0.2) is 4.39 Å². The molecule has 0 radical (unpaired) electrons. The van der Waals surface area contributed by atoms with Crippen molar-refractivity contribution in [2.75, 3.05) is 18.4 Å². The largest absolute Gasteiger partial charge is 0.483 e. The predicted octanol–water partition coefficient (Wildman–Crippen LogP) is 4.63. The zero-order chi connectivity index (χ0) is 24.1. The van der Waals surface area contributed by atoms with Crippen LogP contribution in [0.15, 0.2) is 66.7 Å². The number of anilines is 1. The van der Waals surface area contributed by atoms with Gasteiger partial charge in [0.05, 0.1) is 29.8 Å². The average molecular weight is 460 g/mol. The average Bonchev–Trinajstić information content (AvgIpc) is 2.85. The second-order valence-corrected chi connectivity index (χ2v) is 8.37. The third-order valence-corrected chi connectivity index (χ3v) is 6.08. The van der Waals surface area contributed by atoms with Gasteiger partial charge in [-0.3, -0.25) is 4.79 Å². The van der Waals surface area contributed by atoms with E-state index < -0.39 is 11.9 Å². The lowest BCUT2D eigenvalue weighted by Gasteiger charge is -2.34. The summed E-state index contributed by atoms with van der Waals surface area (Å²) in [5.41, 5.74) is 3.72. The molecule has 1 aliphatic rings. The van der Waals surface area contributed by atoms with E-state index in [-0.39, 0.29) is 18.0 Å². The maximum absolute atomic E-state index is 14.0. The summed E-state index contributed by atoms with van der Waals surface area (Å²) in [6.07, 6.45) is 0.286. The molecule has 0 aromatic heterocycles. The summed E-state index contributed by atoms with van der Waals surface area (Å²) in [5.74, 6) is -1.27. The minimum Gasteiger partial charge on any atom is -0.483 e. The summed E-state index contributed by atoms with van der Waals surface area (Å²) in [5, 5.41) is 25.6. The van der Waals surface area contributed by atoms with Gasteiger partial charge in [0.2, 0.25) is 0 Å². The van der Waals surface area contributed by atoms with Crippen LogP contribution < -0.4 is 15.4 Å². The molecule has 1 heterocycles. The molecule has 0 saturated carbocycles. The monoisotopic (exact) mass is 459 g/mol. The zero-order valence-electron chi connectivity index (χ0n) is 18.8. The van der Waals surface area contributed by atoms with Gasteiger partial charge in [0.15, 0.2) is 5.75 Å². The van der Waals surface area contributed by atoms with E-state index in [1.54, 1.807) is 25.1 Å². The van der Waals surface area contributed by atoms with Gasteiger partial charge in [-0.2, -0.15) is 5.26 Å². The molecule has 3 aromatic rings. The van der Waals surface area contributed by atoms with E-state index in [4.69, 9.17) is 4.74 Å². The third kappa shape index (κ3) is 5.19. The van der Waals surface area contributed by atoms with Crippen LogP contribution in [0, 0.1) is 17.1 Å². The summed E-state index contributed by atoms with van der Waals surface area (Å²) in [6, 6.07) is 21.2. The predicted molar refractivity (Wildman–Crippen MR) is 127 cm³/mol. The first-order valence-corrected chi connectivity index (χ1v) is 11.2. The molecular formula is C27H26FN3O3. The lowest BCUT2D eigenvalue weighted by atomic mass is 9.97. The standard InChI is InChI=1S/C27H26FN3O3/c1-17(27(32)33)19-6-2-5-18(13-19)11-12-30-25(20-7-3-9-22(28)14-20)24-16-31-23-10-4-8-21(15-29)26(23)34-24/h2-10,13-14,17,24-25,30-31H,11-12,16H2,1H3,(H,32,33)/t17-,24+,25+/m0/s1. The van der Waals surface area contributed by atoms with Crippen molar-refractivity contribution in [3.05, 3.63) is 94.8 Å². The van der Waals surface area contributed by atoms with Gasteiger partial charge in [0.25, 0.3) is 0 Å². The van der Waals surface area contributed by atoms with Crippen molar-refractivity contribution in [3.63, 3.8) is 0 Å². The van der Waals surface area contributed by atoms with Crippen LogP contribution in [-0.2, 0) is 11.2 Å². The normalized spacial score (nSPS) is 16.3. The number of hydrogen-bond acceptors (Lipinski definition) is 5. The Kier molecular flexibility index (Phi) is 7.09. The molecule has 0 spiro atoms. The number of carboxylic acids is 1. The molecule has 3 atom stereocenters. The number of hydrogen-bond donors (Lipinski definition) is 3. The van der Waals surface area contributed by atoms with Crippen LogP contribution in [0.3, 0.4) is 0 Å². The molecule has 6 nitrogen and oxygen atoms in total. The maximum atomic E-state index is 14.0. The number of aliphatic carboxylic acids is 1. The Hall–Kier alpha value is -3.89. The van der Waals surface area contributed by atoms with Gasteiger partial charge in [-0.05, 0) is 60.8 Å². The van der Waals surface area contributed by atoms with Crippen molar-refractivity contribution < 1.29 is 19.0 Å². The van der Waals surface area contributed by atoms with Gasteiger partial charge >= 0.3 is 5.97 Å². The summed E-state index contributed by atoms with van der Waals surface area (Å²) >= 11 is 0.